The number of phenolic OH excluding ortho intramolecular Hbond substituents is 1. The Morgan fingerprint density at radius 1 is 1.02 bits per heavy atom. The van der Waals surface area contributed by atoms with Crippen molar-refractivity contribution >= 4 is 28.9 Å². The molecule has 210 valence electrons. The number of nitrogens with zero attached hydrogens (tertiary/aromatic N) is 2. The van der Waals surface area contributed by atoms with Crippen molar-refractivity contribution in [3.63, 3.8) is 0 Å². The number of fused-ring (bicyclic) bond motifs is 3. The molecule has 0 aliphatic heterocycles. The van der Waals surface area contributed by atoms with Gasteiger partial charge in [-0.1, -0.05) is 12.1 Å². The lowest BCUT2D eigenvalue weighted by Crippen LogP contribution is -2.55. The fourth-order valence-corrected chi connectivity index (χ4v) is 6.74. The van der Waals surface area contributed by atoms with E-state index in [0.717, 1.165) is 16.8 Å². The van der Waals surface area contributed by atoms with Gasteiger partial charge in [-0.2, -0.15) is 0 Å². The highest BCUT2D eigenvalue weighted by Gasteiger charge is 2.55. The van der Waals surface area contributed by atoms with Crippen molar-refractivity contribution in [1.82, 2.24) is 4.90 Å². The number of hydrogen-bond acceptors (Lipinski definition) is 9. The minimum absolute atomic E-state index is 0.00161. The number of primary amides is 1. The molecule has 10 nitrogen and oxygen atoms in total. The number of carbonyl (C=O) groups is 3. The Bertz CT molecular complexity index is 1510. The van der Waals surface area contributed by atoms with Gasteiger partial charge in [0.2, 0.25) is 0 Å². The van der Waals surface area contributed by atoms with E-state index in [1.807, 2.05) is 49.3 Å². The molecule has 0 spiro atoms. The normalized spacial score (nSPS) is 24.1. The Kier molecular flexibility index (Phi) is 6.71. The van der Waals surface area contributed by atoms with Gasteiger partial charge < -0.3 is 31.7 Å². The van der Waals surface area contributed by atoms with Gasteiger partial charge in [-0.05, 0) is 73.7 Å². The first-order valence-electron chi connectivity index (χ1n) is 13.2. The van der Waals surface area contributed by atoms with Gasteiger partial charge in [0.05, 0.1) is 17.5 Å². The third kappa shape index (κ3) is 3.98. The largest absolute Gasteiger partial charge is 0.510 e. The highest BCUT2D eigenvalue weighted by Crippen LogP contribution is 2.52. The lowest BCUT2D eigenvalue weighted by Gasteiger charge is -2.46. The summed E-state index contributed by atoms with van der Waals surface area (Å²) in [4.78, 5) is 43.1. The number of hydrogen-bond donors (Lipinski definition) is 5. The van der Waals surface area contributed by atoms with Crippen LogP contribution in [0.5, 0.6) is 5.75 Å². The van der Waals surface area contributed by atoms with Gasteiger partial charge in [-0.15, -0.1) is 0 Å². The smallest absolute Gasteiger partial charge is 0.255 e. The zero-order chi connectivity index (χ0) is 29.2. The lowest BCUT2D eigenvalue weighted by atomic mass is 9.59. The van der Waals surface area contributed by atoms with Crippen LogP contribution in [0.1, 0.15) is 23.1 Å². The Hall–Kier alpha value is -4.15. The second kappa shape index (κ2) is 9.79. The molecule has 3 aliphatic rings. The number of amides is 1. The fraction of sp³-hybridized carbons (Fsp3) is 0.367. The van der Waals surface area contributed by atoms with E-state index in [1.54, 1.807) is 19.0 Å². The molecule has 0 aromatic heterocycles. The van der Waals surface area contributed by atoms with Crippen LogP contribution in [0.15, 0.2) is 47.2 Å². The quantitative estimate of drug-likeness (QED) is 0.278. The van der Waals surface area contributed by atoms with Crippen molar-refractivity contribution in [2.75, 3.05) is 33.1 Å². The maximum Gasteiger partial charge on any atom is 0.255 e. The average molecular weight is 547 g/mol. The maximum absolute atomic E-state index is 14.0. The van der Waals surface area contributed by atoms with Crippen LogP contribution in [-0.2, 0) is 27.3 Å². The minimum atomic E-state index is -1.29. The van der Waals surface area contributed by atoms with E-state index < -0.39 is 52.6 Å². The van der Waals surface area contributed by atoms with Crippen LogP contribution < -0.4 is 16.4 Å². The van der Waals surface area contributed by atoms with Crippen LogP contribution in [0.2, 0.25) is 0 Å². The highest BCUT2D eigenvalue weighted by atomic mass is 16.3. The summed E-state index contributed by atoms with van der Waals surface area (Å²) in [5.41, 5.74) is 14.7. The van der Waals surface area contributed by atoms with Gasteiger partial charge in [0.1, 0.15) is 22.8 Å². The third-order valence-electron chi connectivity index (χ3n) is 8.56. The SMILES string of the molecule is CN(C)c1ccc(-c2cc(CN)c(O)c3c2CC2CC4C(C(=O)C(C(N)=O)=C(O)[C@H]4N(C)C)C(=O)C2=C3O)cc1. The number of likely N-dealkylation sites (N-methyl/N-ethyl adjacent to an activating group) is 1. The van der Waals surface area contributed by atoms with Gasteiger partial charge in [-0.25, -0.2) is 0 Å². The number of aliphatic hydroxyl groups is 2. The summed E-state index contributed by atoms with van der Waals surface area (Å²) in [6.07, 6.45) is 0.604. The van der Waals surface area contributed by atoms with E-state index in [9.17, 15) is 29.7 Å². The van der Waals surface area contributed by atoms with E-state index in [4.69, 9.17) is 11.5 Å². The zero-order valence-corrected chi connectivity index (χ0v) is 22.9. The number of phenols is 1. The first-order valence-corrected chi connectivity index (χ1v) is 13.2. The topological polar surface area (TPSA) is 170 Å². The number of carbonyl (C=O) groups excluding carboxylic acids is 3. The van der Waals surface area contributed by atoms with Crippen molar-refractivity contribution in [2.24, 2.45) is 29.2 Å². The number of Topliss-reactive ketones (excluding diaryl/α,β-unsaturated/α-hetero) is 2. The number of ketones is 2. The summed E-state index contributed by atoms with van der Waals surface area (Å²) in [6.45, 7) is 0.00161. The van der Waals surface area contributed by atoms with Crippen molar-refractivity contribution in [2.45, 2.75) is 25.4 Å². The summed E-state index contributed by atoms with van der Waals surface area (Å²) in [5, 5.41) is 33.6. The molecule has 1 amide bonds. The molecule has 0 bridgehead atoms. The number of rotatable bonds is 5. The Balaban J connectivity index is 1.70. The molecule has 1 saturated carbocycles. The molecular formula is C30H34N4O6. The van der Waals surface area contributed by atoms with Gasteiger partial charge in [0, 0.05) is 37.5 Å². The first-order chi connectivity index (χ1) is 18.9. The van der Waals surface area contributed by atoms with E-state index in [1.165, 1.54) is 0 Å². The molecule has 4 atom stereocenters. The Labute approximate surface area is 232 Å². The molecule has 3 unspecified atom stereocenters. The van der Waals surface area contributed by atoms with Crippen LogP contribution >= 0.6 is 0 Å². The number of nitrogens with two attached hydrogens (primary N) is 2. The van der Waals surface area contributed by atoms with Crippen molar-refractivity contribution in [3.8, 4) is 16.9 Å². The fourth-order valence-electron chi connectivity index (χ4n) is 6.74. The van der Waals surface area contributed by atoms with E-state index in [2.05, 4.69) is 0 Å². The molecule has 40 heavy (non-hydrogen) atoms. The molecule has 0 saturated heterocycles. The van der Waals surface area contributed by atoms with Gasteiger partial charge in [0.25, 0.3) is 5.91 Å². The van der Waals surface area contributed by atoms with Crippen LogP contribution in [0.4, 0.5) is 5.69 Å². The summed E-state index contributed by atoms with van der Waals surface area (Å²) in [5.74, 6) is -6.02. The van der Waals surface area contributed by atoms with Crippen molar-refractivity contribution < 1.29 is 29.7 Å². The number of aromatic hydroxyl groups is 1. The standard InChI is InChI=1S/C30H34N4O6/c1-33(2)16-7-5-13(6-8-16)17-11-15(12-31)25(35)21-18(17)9-14-10-19-22(27(37)20(14)26(21)36)28(38)23(30(32)40)29(39)24(19)34(3)4/h5-8,11,14,19,22,24,35-36,39H,9-10,12,31H2,1-4H3,(H2,32,40)/t14?,19?,22?,24-/m0/s1. The monoisotopic (exact) mass is 546 g/mol. The molecule has 1 fully saturated rings. The summed E-state index contributed by atoms with van der Waals surface area (Å²) in [7, 11) is 7.27. The van der Waals surface area contributed by atoms with Crippen molar-refractivity contribution in [3.05, 3.63) is 63.9 Å². The molecule has 5 rings (SSSR count). The highest BCUT2D eigenvalue weighted by molar-refractivity contribution is 6.28. The average Bonchev–Trinajstić information content (AvgIpc) is 2.88. The Morgan fingerprint density at radius 3 is 2.23 bits per heavy atom. The molecule has 3 aliphatic carbocycles. The summed E-state index contributed by atoms with van der Waals surface area (Å²) < 4.78 is 0. The number of aliphatic hydroxyl groups excluding tert-OH is 2. The summed E-state index contributed by atoms with van der Waals surface area (Å²) >= 11 is 0. The summed E-state index contributed by atoms with van der Waals surface area (Å²) in [6, 6.07) is 8.87. The zero-order valence-electron chi connectivity index (χ0n) is 22.9. The number of anilines is 1. The van der Waals surface area contributed by atoms with E-state index in [0.29, 0.717) is 24.0 Å². The van der Waals surface area contributed by atoms with Gasteiger partial charge >= 0.3 is 0 Å². The second-order valence-corrected chi connectivity index (χ2v) is 11.2. The molecule has 0 heterocycles. The van der Waals surface area contributed by atoms with Crippen LogP contribution in [0, 0.1) is 17.8 Å². The van der Waals surface area contributed by atoms with Crippen LogP contribution in [0.25, 0.3) is 16.9 Å². The third-order valence-corrected chi connectivity index (χ3v) is 8.56. The number of benzene rings is 2. The predicted octanol–water partition coefficient (Wildman–Crippen LogP) is 2.04. The van der Waals surface area contributed by atoms with E-state index >= 15 is 0 Å². The molecule has 0 radical (unpaired) electrons. The van der Waals surface area contributed by atoms with Crippen LogP contribution in [-0.4, -0.2) is 71.9 Å². The second-order valence-electron chi connectivity index (χ2n) is 11.2. The maximum atomic E-state index is 14.0. The van der Waals surface area contributed by atoms with Gasteiger partial charge in [0.15, 0.2) is 11.6 Å². The molecular weight excluding hydrogens is 512 g/mol. The van der Waals surface area contributed by atoms with E-state index in [-0.39, 0.29) is 29.2 Å². The Morgan fingerprint density at radius 2 is 1.68 bits per heavy atom. The van der Waals surface area contributed by atoms with Crippen LogP contribution in [0.3, 0.4) is 0 Å². The first kappa shape index (κ1) is 27.4. The van der Waals surface area contributed by atoms with Gasteiger partial charge in [-0.3, -0.25) is 19.3 Å². The molecule has 10 heteroatoms. The molecule has 7 N–H and O–H groups in total. The predicted molar refractivity (Wildman–Crippen MR) is 150 cm³/mol. The molecule has 2 aromatic rings. The number of allylic oxidation sites excluding steroid dienone is 1. The lowest BCUT2D eigenvalue weighted by molar-refractivity contribution is -0.136. The molecule has 2 aromatic carbocycles. The minimum Gasteiger partial charge on any atom is -0.510 e. The van der Waals surface area contributed by atoms with Crippen molar-refractivity contribution in [1.29, 1.82) is 0 Å².